The van der Waals surface area contributed by atoms with Crippen molar-refractivity contribution in [2.75, 3.05) is 38.7 Å². The third-order valence-corrected chi connectivity index (χ3v) is 4.83. The van der Waals surface area contributed by atoms with Crippen LogP contribution in [-0.4, -0.2) is 55.0 Å². The molecule has 2 heterocycles. The molecule has 1 unspecified atom stereocenters. The van der Waals surface area contributed by atoms with E-state index in [0.717, 1.165) is 16.8 Å². The summed E-state index contributed by atoms with van der Waals surface area (Å²) in [7, 11) is 1.62. The highest BCUT2D eigenvalue weighted by molar-refractivity contribution is 5.96. The number of hydrogen-bond acceptors (Lipinski definition) is 5. The number of hydrogen-bond donors (Lipinski definition) is 2. The average molecular weight is 382 g/mol. The van der Waals surface area contributed by atoms with Crippen LogP contribution in [0.4, 0.5) is 5.69 Å². The predicted octanol–water partition coefficient (Wildman–Crippen LogP) is 1.77. The molecule has 1 saturated heterocycles. The number of nitrogens with zero attached hydrogens (tertiary/aromatic N) is 2. The van der Waals surface area contributed by atoms with Gasteiger partial charge < -0.3 is 15.4 Å². The van der Waals surface area contributed by atoms with Gasteiger partial charge >= 0.3 is 0 Å². The molecule has 2 aromatic rings. The summed E-state index contributed by atoms with van der Waals surface area (Å²) < 4.78 is 5.44. The van der Waals surface area contributed by atoms with E-state index in [1.54, 1.807) is 19.4 Å². The van der Waals surface area contributed by atoms with Gasteiger partial charge in [-0.05, 0) is 29.7 Å². The molecule has 1 aromatic heterocycles. The molecule has 0 spiro atoms. The van der Waals surface area contributed by atoms with Crippen LogP contribution in [0.3, 0.4) is 0 Å². The summed E-state index contributed by atoms with van der Waals surface area (Å²) in [5.41, 5.74) is 2.52. The third kappa shape index (κ3) is 5.15. The van der Waals surface area contributed by atoms with Gasteiger partial charge in [-0.1, -0.05) is 24.3 Å². The SMILES string of the molecule is CNC(=O)CCc1ccccc1NC(=O)C(c1cccnc1)N1CCOCC1. The Bertz CT molecular complexity index is 791. The van der Waals surface area contributed by atoms with Gasteiger partial charge in [0.05, 0.1) is 13.2 Å². The molecule has 2 N–H and O–H groups in total. The number of nitrogens with one attached hydrogen (secondary N) is 2. The summed E-state index contributed by atoms with van der Waals surface area (Å²) in [6, 6.07) is 10.9. The van der Waals surface area contributed by atoms with Crippen LogP contribution in [0.25, 0.3) is 0 Å². The summed E-state index contributed by atoms with van der Waals surface area (Å²) in [6.07, 6.45) is 4.37. The van der Waals surface area contributed by atoms with Gasteiger partial charge in [0.1, 0.15) is 6.04 Å². The van der Waals surface area contributed by atoms with Crippen LogP contribution in [0, 0.1) is 0 Å². The summed E-state index contributed by atoms with van der Waals surface area (Å²) in [5, 5.41) is 5.69. The maximum Gasteiger partial charge on any atom is 0.246 e. The Kier molecular flexibility index (Phi) is 7.11. The van der Waals surface area contributed by atoms with Crippen molar-refractivity contribution in [3.05, 3.63) is 59.9 Å². The van der Waals surface area contributed by atoms with E-state index < -0.39 is 6.04 Å². The lowest BCUT2D eigenvalue weighted by molar-refractivity contribution is -0.123. The first-order valence-electron chi connectivity index (χ1n) is 9.50. The van der Waals surface area contributed by atoms with Gasteiger partial charge in [0.15, 0.2) is 0 Å². The van der Waals surface area contributed by atoms with E-state index in [9.17, 15) is 9.59 Å². The van der Waals surface area contributed by atoms with Gasteiger partial charge in [-0.2, -0.15) is 0 Å². The Hall–Kier alpha value is -2.77. The predicted molar refractivity (Wildman–Crippen MR) is 107 cm³/mol. The van der Waals surface area contributed by atoms with E-state index in [1.165, 1.54) is 0 Å². The molecule has 148 valence electrons. The van der Waals surface area contributed by atoms with Gasteiger partial charge in [0.2, 0.25) is 11.8 Å². The van der Waals surface area contributed by atoms with Gasteiger partial charge in [0.25, 0.3) is 0 Å². The zero-order valence-corrected chi connectivity index (χ0v) is 16.1. The Morgan fingerprint density at radius 2 is 1.96 bits per heavy atom. The highest BCUT2D eigenvalue weighted by atomic mass is 16.5. The number of rotatable bonds is 7. The number of benzene rings is 1. The molecule has 1 atom stereocenters. The van der Waals surface area contributed by atoms with Crippen molar-refractivity contribution >= 4 is 17.5 Å². The second-order valence-corrected chi connectivity index (χ2v) is 6.66. The standard InChI is InChI=1S/C21H26N4O3/c1-22-19(26)9-8-16-5-2-3-7-18(16)24-21(27)20(17-6-4-10-23-15-17)25-11-13-28-14-12-25/h2-7,10,15,20H,8-9,11-14H2,1H3,(H,22,26)(H,24,27). The lowest BCUT2D eigenvalue weighted by Crippen LogP contribution is -2.44. The van der Waals surface area contributed by atoms with Crippen molar-refractivity contribution in [1.82, 2.24) is 15.2 Å². The second kappa shape index (κ2) is 9.96. The van der Waals surface area contributed by atoms with Crippen LogP contribution in [-0.2, 0) is 20.7 Å². The van der Waals surface area contributed by atoms with Crippen molar-refractivity contribution in [2.45, 2.75) is 18.9 Å². The summed E-state index contributed by atoms with van der Waals surface area (Å²) in [6.45, 7) is 2.58. The molecule has 3 rings (SSSR count). The summed E-state index contributed by atoms with van der Waals surface area (Å²) in [4.78, 5) is 31.2. The normalized spacial score (nSPS) is 15.6. The molecule has 28 heavy (non-hydrogen) atoms. The number of anilines is 1. The van der Waals surface area contributed by atoms with Crippen LogP contribution in [0.15, 0.2) is 48.8 Å². The Labute approximate surface area is 165 Å². The van der Waals surface area contributed by atoms with Crippen molar-refractivity contribution in [3.63, 3.8) is 0 Å². The fourth-order valence-corrected chi connectivity index (χ4v) is 3.34. The number of pyridine rings is 1. The number of amides is 2. The minimum absolute atomic E-state index is 0.0253. The van der Waals surface area contributed by atoms with Crippen LogP contribution in [0.5, 0.6) is 0 Å². The van der Waals surface area contributed by atoms with Crippen LogP contribution >= 0.6 is 0 Å². The fraction of sp³-hybridized carbons (Fsp3) is 0.381. The Morgan fingerprint density at radius 3 is 2.68 bits per heavy atom. The molecule has 1 aromatic carbocycles. The first kappa shape index (κ1) is 20.0. The molecule has 0 aliphatic carbocycles. The molecule has 7 heteroatoms. The van der Waals surface area contributed by atoms with E-state index in [0.29, 0.717) is 39.1 Å². The zero-order chi connectivity index (χ0) is 19.8. The van der Waals surface area contributed by atoms with Gasteiger partial charge in [0, 0.05) is 44.6 Å². The lowest BCUT2D eigenvalue weighted by Gasteiger charge is -2.33. The van der Waals surface area contributed by atoms with Gasteiger partial charge in [-0.15, -0.1) is 0 Å². The molecule has 1 fully saturated rings. The average Bonchev–Trinajstić information content (AvgIpc) is 2.74. The fourth-order valence-electron chi connectivity index (χ4n) is 3.34. The highest BCUT2D eigenvalue weighted by Gasteiger charge is 2.29. The van der Waals surface area contributed by atoms with Crippen molar-refractivity contribution in [1.29, 1.82) is 0 Å². The molecule has 0 saturated carbocycles. The lowest BCUT2D eigenvalue weighted by atomic mass is 10.0. The number of aryl methyl sites for hydroxylation is 1. The molecule has 1 aliphatic rings. The number of carbonyl (C=O) groups excluding carboxylic acids is 2. The first-order valence-corrected chi connectivity index (χ1v) is 9.50. The minimum atomic E-state index is -0.440. The number of morpholine rings is 1. The van der Waals surface area contributed by atoms with E-state index in [2.05, 4.69) is 20.5 Å². The highest BCUT2D eigenvalue weighted by Crippen LogP contribution is 2.25. The van der Waals surface area contributed by atoms with E-state index >= 15 is 0 Å². The summed E-state index contributed by atoms with van der Waals surface area (Å²) in [5.74, 6) is -0.134. The molecule has 7 nitrogen and oxygen atoms in total. The number of para-hydroxylation sites is 1. The van der Waals surface area contributed by atoms with Crippen molar-refractivity contribution in [3.8, 4) is 0 Å². The maximum absolute atomic E-state index is 13.3. The third-order valence-electron chi connectivity index (χ3n) is 4.83. The Balaban J connectivity index is 1.79. The van der Waals surface area contributed by atoms with Crippen molar-refractivity contribution in [2.24, 2.45) is 0 Å². The van der Waals surface area contributed by atoms with Crippen molar-refractivity contribution < 1.29 is 14.3 Å². The van der Waals surface area contributed by atoms with Crippen LogP contribution < -0.4 is 10.6 Å². The molecule has 2 amide bonds. The van der Waals surface area contributed by atoms with Crippen LogP contribution in [0.2, 0.25) is 0 Å². The van der Waals surface area contributed by atoms with Crippen LogP contribution in [0.1, 0.15) is 23.6 Å². The second-order valence-electron chi connectivity index (χ2n) is 6.66. The molecule has 0 radical (unpaired) electrons. The molecule has 1 aliphatic heterocycles. The smallest absolute Gasteiger partial charge is 0.246 e. The summed E-state index contributed by atoms with van der Waals surface area (Å²) >= 11 is 0. The topological polar surface area (TPSA) is 83.6 Å². The van der Waals surface area contributed by atoms with E-state index in [4.69, 9.17) is 4.74 Å². The van der Waals surface area contributed by atoms with E-state index in [-0.39, 0.29) is 11.8 Å². The zero-order valence-electron chi connectivity index (χ0n) is 16.1. The maximum atomic E-state index is 13.3. The number of carbonyl (C=O) groups is 2. The Morgan fingerprint density at radius 1 is 1.18 bits per heavy atom. The van der Waals surface area contributed by atoms with Gasteiger partial charge in [-0.3, -0.25) is 19.5 Å². The minimum Gasteiger partial charge on any atom is -0.379 e. The monoisotopic (exact) mass is 382 g/mol. The van der Waals surface area contributed by atoms with E-state index in [1.807, 2.05) is 36.4 Å². The van der Waals surface area contributed by atoms with Gasteiger partial charge in [-0.25, -0.2) is 0 Å². The molecular formula is C21H26N4O3. The number of ether oxygens (including phenoxy) is 1. The largest absolute Gasteiger partial charge is 0.379 e. The molecular weight excluding hydrogens is 356 g/mol. The quantitative estimate of drug-likeness (QED) is 0.763. The first-order chi connectivity index (χ1) is 13.7. The number of aromatic nitrogens is 1. The molecule has 0 bridgehead atoms.